The number of nitrogens with zero attached hydrogens (tertiary/aromatic N) is 4. The molecular weight excluding hydrogens is 369 g/mol. The summed E-state index contributed by atoms with van der Waals surface area (Å²) in [5, 5.41) is 11.2. The molecule has 2 heterocycles. The Labute approximate surface area is 167 Å². The number of benzene rings is 2. The maximum atomic E-state index is 13.3. The van der Waals surface area contributed by atoms with Crippen LogP contribution in [0.5, 0.6) is 0 Å². The van der Waals surface area contributed by atoms with Crippen LogP contribution in [0, 0.1) is 5.82 Å². The van der Waals surface area contributed by atoms with Crippen molar-refractivity contribution in [2.45, 2.75) is 13.0 Å². The van der Waals surface area contributed by atoms with Crippen molar-refractivity contribution in [1.82, 2.24) is 25.3 Å². The van der Waals surface area contributed by atoms with Crippen LogP contribution in [0.25, 0.3) is 16.9 Å². The van der Waals surface area contributed by atoms with Crippen LogP contribution in [0.2, 0.25) is 0 Å². The van der Waals surface area contributed by atoms with Crippen LogP contribution in [0.3, 0.4) is 0 Å². The number of amides is 1. The average Bonchev–Trinajstić information content (AvgIpc) is 3.21. The topological polar surface area (TPSA) is 72.7 Å². The molecule has 0 aliphatic rings. The largest absolute Gasteiger partial charge is 0.344 e. The van der Waals surface area contributed by atoms with Gasteiger partial charge < -0.3 is 5.32 Å². The lowest BCUT2D eigenvalue weighted by Gasteiger charge is -2.14. The Morgan fingerprint density at radius 3 is 2.38 bits per heavy atom. The highest BCUT2D eigenvalue weighted by Gasteiger charge is 2.23. The minimum absolute atomic E-state index is 0.184. The Balaban J connectivity index is 1.73. The zero-order valence-corrected chi connectivity index (χ0v) is 15.7. The summed E-state index contributed by atoms with van der Waals surface area (Å²) >= 11 is 0. The molecule has 7 heteroatoms. The normalized spacial score (nSPS) is 11.8. The first-order valence-corrected chi connectivity index (χ1v) is 9.11. The number of hydrogen-bond donors (Lipinski definition) is 1. The molecule has 0 saturated carbocycles. The Bertz CT molecular complexity index is 1110. The summed E-state index contributed by atoms with van der Waals surface area (Å²) in [6.07, 6.45) is 3.26. The average molecular weight is 387 g/mol. The highest BCUT2D eigenvalue weighted by atomic mass is 19.1. The molecule has 1 N–H and O–H groups in total. The van der Waals surface area contributed by atoms with E-state index in [0.29, 0.717) is 11.4 Å². The number of halogens is 1. The van der Waals surface area contributed by atoms with Gasteiger partial charge in [-0.1, -0.05) is 35.5 Å². The summed E-state index contributed by atoms with van der Waals surface area (Å²) in [5.74, 6) is -0.699. The first-order chi connectivity index (χ1) is 14.1. The van der Waals surface area contributed by atoms with Gasteiger partial charge in [0.05, 0.1) is 11.7 Å². The van der Waals surface area contributed by atoms with Crippen LogP contribution >= 0.6 is 0 Å². The predicted octanol–water partition coefficient (Wildman–Crippen LogP) is 3.96. The standard InChI is InChI=1S/C22H18FN5O/c1-15(16-5-3-2-4-6-16)25-22(29)20-21(17-11-13-24-14-12-17)28(27-26-20)19-9-7-18(23)8-10-19/h2-15H,1H3,(H,25,29)/t15-/m1/s1. The molecule has 0 saturated heterocycles. The molecule has 1 amide bonds. The van der Waals surface area contributed by atoms with Crippen molar-refractivity contribution >= 4 is 5.91 Å². The van der Waals surface area contributed by atoms with E-state index in [2.05, 4.69) is 20.6 Å². The molecule has 144 valence electrons. The van der Waals surface area contributed by atoms with Gasteiger partial charge in [-0.05, 0) is 48.9 Å². The first-order valence-electron chi connectivity index (χ1n) is 9.11. The molecule has 0 bridgehead atoms. The van der Waals surface area contributed by atoms with Crippen LogP contribution in [-0.2, 0) is 0 Å². The number of nitrogens with one attached hydrogen (secondary N) is 1. The fourth-order valence-electron chi connectivity index (χ4n) is 3.06. The van der Waals surface area contributed by atoms with Crippen molar-refractivity contribution in [3.05, 3.63) is 96.2 Å². The van der Waals surface area contributed by atoms with E-state index in [1.165, 1.54) is 16.8 Å². The molecule has 1 atom stereocenters. The Morgan fingerprint density at radius 1 is 1.00 bits per heavy atom. The molecule has 0 aliphatic heterocycles. The van der Waals surface area contributed by atoms with Crippen LogP contribution in [-0.4, -0.2) is 25.9 Å². The minimum atomic E-state index is -0.353. The molecule has 4 rings (SSSR count). The Hall–Kier alpha value is -3.87. The minimum Gasteiger partial charge on any atom is -0.344 e. The number of aromatic nitrogens is 4. The molecule has 29 heavy (non-hydrogen) atoms. The molecule has 0 fully saturated rings. The van der Waals surface area contributed by atoms with Crippen molar-refractivity contribution in [2.24, 2.45) is 0 Å². The van der Waals surface area contributed by atoms with E-state index in [0.717, 1.165) is 11.1 Å². The molecule has 4 aromatic rings. The van der Waals surface area contributed by atoms with Crippen LogP contribution < -0.4 is 5.32 Å². The van der Waals surface area contributed by atoms with E-state index in [1.54, 1.807) is 36.7 Å². The number of pyridine rings is 1. The van der Waals surface area contributed by atoms with Crippen LogP contribution in [0.15, 0.2) is 79.1 Å². The van der Waals surface area contributed by atoms with Gasteiger partial charge in [0.1, 0.15) is 11.5 Å². The maximum absolute atomic E-state index is 13.3. The summed E-state index contributed by atoms with van der Waals surface area (Å²) in [6, 6.07) is 18.9. The second kappa shape index (κ2) is 8.02. The van der Waals surface area contributed by atoms with E-state index >= 15 is 0 Å². The second-order valence-corrected chi connectivity index (χ2v) is 6.52. The second-order valence-electron chi connectivity index (χ2n) is 6.52. The molecule has 6 nitrogen and oxygen atoms in total. The highest BCUT2D eigenvalue weighted by molar-refractivity contribution is 5.98. The summed E-state index contributed by atoms with van der Waals surface area (Å²) in [4.78, 5) is 17.1. The third kappa shape index (κ3) is 3.89. The third-order valence-corrected chi connectivity index (χ3v) is 4.56. The quantitative estimate of drug-likeness (QED) is 0.563. The molecule has 0 unspecified atom stereocenters. The zero-order chi connectivity index (χ0) is 20.2. The van der Waals surface area contributed by atoms with Crippen LogP contribution in [0.4, 0.5) is 4.39 Å². The van der Waals surface area contributed by atoms with Gasteiger partial charge in [0.15, 0.2) is 5.69 Å². The molecule has 2 aromatic carbocycles. The van der Waals surface area contributed by atoms with Gasteiger partial charge in [0, 0.05) is 18.0 Å². The highest BCUT2D eigenvalue weighted by Crippen LogP contribution is 2.25. The summed E-state index contributed by atoms with van der Waals surface area (Å²) < 4.78 is 14.9. The van der Waals surface area contributed by atoms with Gasteiger partial charge >= 0.3 is 0 Å². The fraction of sp³-hybridized carbons (Fsp3) is 0.0909. The predicted molar refractivity (Wildman–Crippen MR) is 107 cm³/mol. The Morgan fingerprint density at radius 2 is 1.69 bits per heavy atom. The monoisotopic (exact) mass is 387 g/mol. The van der Waals surface area contributed by atoms with Gasteiger partial charge in [0.25, 0.3) is 5.91 Å². The van der Waals surface area contributed by atoms with E-state index in [-0.39, 0.29) is 23.5 Å². The van der Waals surface area contributed by atoms with Crippen molar-refractivity contribution in [3.63, 3.8) is 0 Å². The van der Waals surface area contributed by atoms with E-state index in [1.807, 2.05) is 37.3 Å². The van der Waals surface area contributed by atoms with Crippen molar-refractivity contribution < 1.29 is 9.18 Å². The maximum Gasteiger partial charge on any atom is 0.274 e. The van der Waals surface area contributed by atoms with Gasteiger partial charge in [-0.2, -0.15) is 0 Å². The lowest BCUT2D eigenvalue weighted by atomic mass is 10.1. The van der Waals surface area contributed by atoms with E-state index in [4.69, 9.17) is 0 Å². The SMILES string of the molecule is C[C@@H](NC(=O)c1nnn(-c2ccc(F)cc2)c1-c1ccncc1)c1ccccc1. The molecule has 0 aliphatic carbocycles. The number of rotatable bonds is 5. The summed E-state index contributed by atoms with van der Waals surface area (Å²) in [6.45, 7) is 1.91. The third-order valence-electron chi connectivity index (χ3n) is 4.56. The van der Waals surface area contributed by atoms with Gasteiger partial charge in [-0.25, -0.2) is 9.07 Å². The zero-order valence-electron chi connectivity index (χ0n) is 15.7. The van der Waals surface area contributed by atoms with Crippen molar-refractivity contribution in [1.29, 1.82) is 0 Å². The number of carbonyl (C=O) groups excluding carboxylic acids is 1. The van der Waals surface area contributed by atoms with Gasteiger partial charge in [-0.3, -0.25) is 9.78 Å². The fourth-order valence-corrected chi connectivity index (χ4v) is 3.06. The lowest BCUT2D eigenvalue weighted by Crippen LogP contribution is -2.27. The molecule has 0 radical (unpaired) electrons. The molecule has 0 spiro atoms. The summed E-state index contributed by atoms with van der Waals surface area (Å²) in [7, 11) is 0. The van der Waals surface area contributed by atoms with E-state index < -0.39 is 0 Å². The molecular formula is C22H18FN5O. The van der Waals surface area contributed by atoms with Gasteiger partial charge in [0.2, 0.25) is 0 Å². The lowest BCUT2D eigenvalue weighted by molar-refractivity contribution is 0.0935. The number of hydrogen-bond acceptors (Lipinski definition) is 4. The van der Waals surface area contributed by atoms with Crippen molar-refractivity contribution in [2.75, 3.05) is 0 Å². The molecule has 2 aromatic heterocycles. The van der Waals surface area contributed by atoms with Crippen LogP contribution in [0.1, 0.15) is 29.0 Å². The Kier molecular flexibility index (Phi) is 5.11. The number of carbonyl (C=O) groups is 1. The summed E-state index contributed by atoms with van der Waals surface area (Å²) in [5.41, 5.74) is 3.00. The van der Waals surface area contributed by atoms with Gasteiger partial charge in [-0.15, -0.1) is 5.10 Å². The van der Waals surface area contributed by atoms with Crippen molar-refractivity contribution in [3.8, 4) is 16.9 Å². The van der Waals surface area contributed by atoms with E-state index in [9.17, 15) is 9.18 Å². The first kappa shape index (κ1) is 18.5. The smallest absolute Gasteiger partial charge is 0.274 e.